The molecule has 4 nitrogen and oxygen atoms in total. The van der Waals surface area contributed by atoms with Crippen LogP contribution in [0.3, 0.4) is 0 Å². The van der Waals surface area contributed by atoms with E-state index in [1.165, 1.54) is 6.08 Å². The summed E-state index contributed by atoms with van der Waals surface area (Å²) in [6.07, 6.45) is 3.26. The first-order valence-corrected chi connectivity index (χ1v) is 8.63. The van der Waals surface area contributed by atoms with Crippen LogP contribution in [0.4, 0.5) is 11.4 Å². The van der Waals surface area contributed by atoms with Crippen LogP contribution in [-0.2, 0) is 4.79 Å². The maximum Gasteiger partial charge on any atom is 0.255 e. The number of anilines is 2. The molecule has 0 heterocycles. The quantitative estimate of drug-likeness (QED) is 0.639. The molecule has 3 rings (SSSR count). The van der Waals surface area contributed by atoms with Gasteiger partial charge in [0.2, 0.25) is 5.91 Å². The van der Waals surface area contributed by atoms with Gasteiger partial charge in [-0.15, -0.1) is 0 Å². The maximum absolute atomic E-state index is 12.3. The van der Waals surface area contributed by atoms with Gasteiger partial charge in [-0.1, -0.05) is 48.5 Å². The van der Waals surface area contributed by atoms with E-state index < -0.39 is 0 Å². The zero-order valence-corrected chi connectivity index (χ0v) is 15.0. The molecule has 0 saturated heterocycles. The molecule has 4 heteroatoms. The minimum Gasteiger partial charge on any atom is -0.323 e. The van der Waals surface area contributed by atoms with Gasteiger partial charge >= 0.3 is 0 Å². The highest BCUT2D eigenvalue weighted by Crippen LogP contribution is 2.20. The molecule has 3 aromatic rings. The molecule has 134 valence electrons. The van der Waals surface area contributed by atoms with Gasteiger partial charge in [0, 0.05) is 23.0 Å². The summed E-state index contributed by atoms with van der Waals surface area (Å²) in [4.78, 5) is 24.3. The number of carbonyl (C=O) groups is 2. The molecule has 0 unspecified atom stereocenters. The maximum atomic E-state index is 12.3. The van der Waals surface area contributed by atoms with Crippen molar-refractivity contribution in [3.05, 3.63) is 102 Å². The Kier molecular flexibility index (Phi) is 5.80. The van der Waals surface area contributed by atoms with E-state index in [1.807, 2.05) is 61.5 Å². The third-order valence-corrected chi connectivity index (χ3v) is 4.00. The third kappa shape index (κ3) is 5.16. The molecule has 0 bridgehead atoms. The summed E-state index contributed by atoms with van der Waals surface area (Å²) in [5, 5.41) is 5.71. The van der Waals surface area contributed by atoms with Crippen LogP contribution in [0.2, 0.25) is 0 Å². The monoisotopic (exact) mass is 356 g/mol. The number of aryl methyl sites for hydroxylation is 1. The van der Waals surface area contributed by atoms with Gasteiger partial charge in [0.05, 0.1) is 0 Å². The topological polar surface area (TPSA) is 58.2 Å². The van der Waals surface area contributed by atoms with Crippen molar-refractivity contribution in [2.75, 3.05) is 10.6 Å². The molecule has 0 spiro atoms. The Hall–Kier alpha value is -3.66. The molecule has 27 heavy (non-hydrogen) atoms. The molecule has 0 radical (unpaired) electrons. The number of rotatable bonds is 5. The average molecular weight is 356 g/mol. The molecule has 3 aromatic carbocycles. The summed E-state index contributed by atoms with van der Waals surface area (Å²) in [6, 6.07) is 24.0. The number of hydrogen-bond donors (Lipinski definition) is 2. The van der Waals surface area contributed by atoms with Crippen LogP contribution in [0.5, 0.6) is 0 Å². The lowest BCUT2D eigenvalue weighted by atomic mass is 10.1. The predicted octanol–water partition coefficient (Wildman–Crippen LogP) is 4.90. The fourth-order valence-electron chi connectivity index (χ4n) is 2.59. The van der Waals surface area contributed by atoms with Crippen molar-refractivity contribution in [3.8, 4) is 0 Å². The molecular formula is C23H20N2O2. The van der Waals surface area contributed by atoms with Crippen molar-refractivity contribution in [2.24, 2.45) is 0 Å². The van der Waals surface area contributed by atoms with Crippen LogP contribution in [0.1, 0.15) is 21.5 Å². The summed E-state index contributed by atoms with van der Waals surface area (Å²) in [5.41, 5.74) is 3.81. The van der Waals surface area contributed by atoms with Gasteiger partial charge in [-0.25, -0.2) is 0 Å². The molecule has 2 amide bonds. The normalized spacial score (nSPS) is 10.6. The van der Waals surface area contributed by atoms with Crippen LogP contribution < -0.4 is 10.6 Å². The lowest BCUT2D eigenvalue weighted by Crippen LogP contribution is -2.13. The summed E-state index contributed by atoms with van der Waals surface area (Å²) in [5.74, 6) is -0.374. The second-order valence-corrected chi connectivity index (χ2v) is 6.08. The van der Waals surface area contributed by atoms with E-state index in [0.717, 1.165) is 11.1 Å². The number of benzene rings is 3. The molecule has 0 aliphatic carbocycles. The van der Waals surface area contributed by atoms with Gasteiger partial charge in [0.15, 0.2) is 0 Å². The van der Waals surface area contributed by atoms with Gasteiger partial charge in [-0.05, 0) is 54.5 Å². The second kappa shape index (κ2) is 8.63. The third-order valence-electron chi connectivity index (χ3n) is 4.00. The van der Waals surface area contributed by atoms with Crippen LogP contribution in [0, 0.1) is 6.92 Å². The van der Waals surface area contributed by atoms with Crippen LogP contribution >= 0.6 is 0 Å². The molecule has 0 atom stereocenters. The number of nitrogens with one attached hydrogen (secondary N) is 2. The minimum absolute atomic E-state index is 0.165. The Labute approximate surface area is 158 Å². The molecule has 0 fully saturated rings. The first kappa shape index (κ1) is 18.1. The van der Waals surface area contributed by atoms with Crippen molar-refractivity contribution in [3.63, 3.8) is 0 Å². The predicted molar refractivity (Wildman–Crippen MR) is 110 cm³/mol. The summed E-state index contributed by atoms with van der Waals surface area (Å²) < 4.78 is 0. The Morgan fingerprint density at radius 2 is 1.48 bits per heavy atom. The van der Waals surface area contributed by atoms with E-state index in [2.05, 4.69) is 10.6 Å². The standard InChI is InChI=1S/C23H20N2O2/c1-17-16-20(24-22(26)15-12-18-8-4-2-5-9-18)13-14-21(17)25-23(27)19-10-6-3-7-11-19/h2-16H,1H3,(H,24,26)(H,25,27). The Morgan fingerprint density at radius 1 is 0.815 bits per heavy atom. The molecule has 0 aromatic heterocycles. The van der Waals surface area contributed by atoms with E-state index in [-0.39, 0.29) is 11.8 Å². The largest absolute Gasteiger partial charge is 0.323 e. The number of hydrogen-bond acceptors (Lipinski definition) is 2. The minimum atomic E-state index is -0.209. The van der Waals surface area contributed by atoms with Crippen molar-refractivity contribution in [1.29, 1.82) is 0 Å². The lowest BCUT2D eigenvalue weighted by molar-refractivity contribution is -0.111. The Bertz CT molecular complexity index is 964. The van der Waals surface area contributed by atoms with E-state index in [0.29, 0.717) is 16.9 Å². The van der Waals surface area contributed by atoms with Crippen molar-refractivity contribution in [1.82, 2.24) is 0 Å². The van der Waals surface area contributed by atoms with Crippen molar-refractivity contribution < 1.29 is 9.59 Å². The molecule has 2 N–H and O–H groups in total. The molecule has 0 saturated carbocycles. The van der Waals surface area contributed by atoms with Gasteiger partial charge in [0.1, 0.15) is 0 Å². The van der Waals surface area contributed by atoms with E-state index in [9.17, 15) is 9.59 Å². The number of carbonyl (C=O) groups excluding carboxylic acids is 2. The molecule has 0 aliphatic rings. The van der Waals surface area contributed by atoms with Gasteiger partial charge in [-0.2, -0.15) is 0 Å². The van der Waals surface area contributed by atoms with Crippen molar-refractivity contribution in [2.45, 2.75) is 6.92 Å². The van der Waals surface area contributed by atoms with Crippen LogP contribution in [0.15, 0.2) is 84.9 Å². The van der Waals surface area contributed by atoms with E-state index >= 15 is 0 Å². The summed E-state index contributed by atoms with van der Waals surface area (Å²) >= 11 is 0. The molecular weight excluding hydrogens is 336 g/mol. The fourth-order valence-corrected chi connectivity index (χ4v) is 2.59. The highest BCUT2D eigenvalue weighted by atomic mass is 16.2. The van der Waals surface area contributed by atoms with E-state index in [1.54, 1.807) is 30.3 Å². The lowest BCUT2D eigenvalue weighted by Gasteiger charge is -2.10. The highest BCUT2D eigenvalue weighted by Gasteiger charge is 2.08. The van der Waals surface area contributed by atoms with Crippen LogP contribution in [0.25, 0.3) is 6.08 Å². The SMILES string of the molecule is Cc1cc(NC(=O)C=Cc2ccccc2)ccc1NC(=O)c1ccccc1. The van der Waals surface area contributed by atoms with Gasteiger partial charge < -0.3 is 10.6 Å². The Morgan fingerprint density at radius 3 is 2.15 bits per heavy atom. The highest BCUT2D eigenvalue weighted by molar-refractivity contribution is 6.05. The smallest absolute Gasteiger partial charge is 0.255 e. The van der Waals surface area contributed by atoms with Gasteiger partial charge in [-0.3, -0.25) is 9.59 Å². The zero-order chi connectivity index (χ0) is 19.1. The summed E-state index contributed by atoms with van der Waals surface area (Å²) in [7, 11) is 0. The van der Waals surface area contributed by atoms with Crippen molar-refractivity contribution >= 4 is 29.3 Å². The zero-order valence-electron chi connectivity index (χ0n) is 15.0. The number of amides is 2. The average Bonchev–Trinajstić information content (AvgIpc) is 2.70. The first-order valence-electron chi connectivity index (χ1n) is 8.63. The second-order valence-electron chi connectivity index (χ2n) is 6.08. The van der Waals surface area contributed by atoms with Gasteiger partial charge in [0.25, 0.3) is 5.91 Å². The van der Waals surface area contributed by atoms with E-state index in [4.69, 9.17) is 0 Å². The summed E-state index contributed by atoms with van der Waals surface area (Å²) in [6.45, 7) is 1.88. The molecule has 0 aliphatic heterocycles. The van der Waals surface area contributed by atoms with Crippen LogP contribution in [-0.4, -0.2) is 11.8 Å². The first-order chi connectivity index (χ1) is 13.1. The Balaban J connectivity index is 1.63. The fraction of sp³-hybridized carbons (Fsp3) is 0.0435.